The molecule has 18 heavy (non-hydrogen) atoms. The Balaban J connectivity index is 3.03. The van der Waals surface area contributed by atoms with E-state index in [9.17, 15) is 13.6 Å². The van der Waals surface area contributed by atoms with Crippen LogP contribution in [-0.4, -0.2) is 17.6 Å². The summed E-state index contributed by atoms with van der Waals surface area (Å²) in [6.45, 7) is 1.91. The Bertz CT molecular complexity index is 441. The molecule has 0 saturated heterocycles. The van der Waals surface area contributed by atoms with Crippen molar-refractivity contribution in [1.29, 1.82) is 0 Å². The molecule has 0 atom stereocenters. The highest BCUT2D eigenvalue weighted by molar-refractivity contribution is 6.17. The molecular weight excluding hydrogens is 266 g/mol. The summed E-state index contributed by atoms with van der Waals surface area (Å²) in [4.78, 5) is 15.0. The number of rotatable bonds is 5. The lowest BCUT2D eigenvalue weighted by atomic mass is 10.1. The lowest BCUT2D eigenvalue weighted by Gasteiger charge is -2.11. The van der Waals surface area contributed by atoms with Crippen molar-refractivity contribution in [3.05, 3.63) is 22.9 Å². The summed E-state index contributed by atoms with van der Waals surface area (Å²) in [5.74, 6) is -0.917. The maximum absolute atomic E-state index is 12.7. The van der Waals surface area contributed by atoms with Crippen LogP contribution < -0.4 is 5.73 Å². The lowest BCUT2D eigenvalue weighted by molar-refractivity contribution is -0.142. The molecule has 1 aromatic rings. The van der Waals surface area contributed by atoms with Crippen molar-refractivity contribution in [3.8, 4) is 0 Å². The van der Waals surface area contributed by atoms with Gasteiger partial charge in [0.2, 0.25) is 0 Å². The van der Waals surface area contributed by atoms with Gasteiger partial charge in [0.1, 0.15) is 5.82 Å². The second-order valence-corrected chi connectivity index (χ2v) is 3.76. The minimum atomic E-state index is -2.75. The maximum atomic E-state index is 12.7. The zero-order valence-corrected chi connectivity index (χ0v) is 10.5. The van der Waals surface area contributed by atoms with Gasteiger partial charge in [0, 0.05) is 5.88 Å². The summed E-state index contributed by atoms with van der Waals surface area (Å²) < 4.78 is 30.2. The molecular formula is C11H13ClF2N2O2. The highest BCUT2D eigenvalue weighted by atomic mass is 35.5. The van der Waals surface area contributed by atoms with Crippen LogP contribution in [0.15, 0.2) is 6.07 Å². The molecule has 100 valence electrons. The van der Waals surface area contributed by atoms with Gasteiger partial charge in [0.05, 0.1) is 24.3 Å². The number of nitrogens with two attached hydrogens (primary N) is 1. The van der Waals surface area contributed by atoms with Gasteiger partial charge in [-0.3, -0.25) is 4.79 Å². The predicted molar refractivity (Wildman–Crippen MR) is 63.5 cm³/mol. The van der Waals surface area contributed by atoms with Crippen LogP contribution in [-0.2, 0) is 21.8 Å². The van der Waals surface area contributed by atoms with Crippen molar-refractivity contribution >= 4 is 23.4 Å². The molecule has 1 aromatic heterocycles. The molecule has 1 rings (SSSR count). The van der Waals surface area contributed by atoms with Gasteiger partial charge in [-0.15, -0.1) is 11.6 Å². The van der Waals surface area contributed by atoms with Gasteiger partial charge in [-0.05, 0) is 18.6 Å². The van der Waals surface area contributed by atoms with E-state index in [1.165, 1.54) is 6.07 Å². The van der Waals surface area contributed by atoms with Crippen molar-refractivity contribution in [3.63, 3.8) is 0 Å². The largest absolute Gasteiger partial charge is 0.466 e. The molecule has 0 spiro atoms. The maximum Gasteiger partial charge on any atom is 0.311 e. The smallest absolute Gasteiger partial charge is 0.311 e. The molecule has 0 unspecified atom stereocenters. The monoisotopic (exact) mass is 278 g/mol. The molecule has 0 aliphatic heterocycles. The molecule has 0 saturated carbocycles. The van der Waals surface area contributed by atoms with E-state index in [0.29, 0.717) is 0 Å². The third-order valence-electron chi connectivity index (χ3n) is 2.22. The van der Waals surface area contributed by atoms with Crippen LogP contribution in [0.1, 0.15) is 30.2 Å². The van der Waals surface area contributed by atoms with Gasteiger partial charge in [-0.2, -0.15) is 0 Å². The van der Waals surface area contributed by atoms with E-state index in [2.05, 4.69) is 4.98 Å². The number of pyridine rings is 1. The van der Waals surface area contributed by atoms with Crippen molar-refractivity contribution in [1.82, 2.24) is 4.98 Å². The zero-order chi connectivity index (χ0) is 13.7. The molecule has 0 bridgehead atoms. The van der Waals surface area contributed by atoms with Crippen LogP contribution in [0.2, 0.25) is 0 Å². The van der Waals surface area contributed by atoms with Crippen LogP contribution in [0.25, 0.3) is 0 Å². The number of carbonyl (C=O) groups is 1. The van der Waals surface area contributed by atoms with E-state index in [-0.39, 0.29) is 41.5 Å². The average molecular weight is 279 g/mol. The normalized spacial score (nSPS) is 10.7. The zero-order valence-electron chi connectivity index (χ0n) is 9.75. The minimum absolute atomic E-state index is 0.120. The first kappa shape index (κ1) is 14.6. The van der Waals surface area contributed by atoms with Gasteiger partial charge in [-0.1, -0.05) is 0 Å². The second-order valence-electron chi connectivity index (χ2n) is 3.49. The van der Waals surface area contributed by atoms with Crippen LogP contribution >= 0.6 is 11.6 Å². The molecule has 1 heterocycles. The van der Waals surface area contributed by atoms with Crippen LogP contribution in [0.4, 0.5) is 14.6 Å². The Kier molecular flexibility index (Phi) is 5.27. The summed E-state index contributed by atoms with van der Waals surface area (Å²) in [5.41, 5.74) is 5.52. The molecule has 0 aliphatic carbocycles. The third kappa shape index (κ3) is 3.53. The minimum Gasteiger partial charge on any atom is -0.466 e. The standard InChI is InChI=1S/C11H13ClF2N2O2/c1-2-18-8(17)4-7-3-6(5-12)9(10(13)14)11(15)16-7/h3,10H,2,4-5H2,1H3,(H2,15,16). The molecule has 4 nitrogen and oxygen atoms in total. The number of hydrogen-bond donors (Lipinski definition) is 1. The SMILES string of the molecule is CCOC(=O)Cc1cc(CCl)c(C(F)F)c(N)n1. The molecule has 7 heteroatoms. The molecule has 0 amide bonds. The Morgan fingerprint density at radius 2 is 2.28 bits per heavy atom. The van der Waals surface area contributed by atoms with Crippen molar-refractivity contribution in [2.24, 2.45) is 0 Å². The highest BCUT2D eigenvalue weighted by Crippen LogP contribution is 2.29. The quantitative estimate of drug-likeness (QED) is 0.664. The number of carbonyl (C=O) groups excluding carboxylic acids is 1. The fourth-order valence-corrected chi connectivity index (χ4v) is 1.72. The van der Waals surface area contributed by atoms with Gasteiger partial charge in [-0.25, -0.2) is 13.8 Å². The number of ether oxygens (including phenoxy) is 1. The van der Waals surface area contributed by atoms with E-state index in [1.54, 1.807) is 6.92 Å². The number of hydrogen-bond acceptors (Lipinski definition) is 4. The number of alkyl halides is 3. The summed E-state index contributed by atoms with van der Waals surface area (Å²) in [5, 5.41) is 0. The average Bonchev–Trinajstić information content (AvgIpc) is 2.27. The van der Waals surface area contributed by atoms with Crippen molar-refractivity contribution < 1.29 is 18.3 Å². The topological polar surface area (TPSA) is 65.2 Å². The number of halogens is 3. The Labute approximate surface area is 108 Å². The molecule has 0 fully saturated rings. The lowest BCUT2D eigenvalue weighted by Crippen LogP contribution is -2.12. The number of anilines is 1. The van der Waals surface area contributed by atoms with Crippen molar-refractivity contribution in [2.45, 2.75) is 25.7 Å². The van der Waals surface area contributed by atoms with E-state index in [0.717, 1.165) is 0 Å². The van der Waals surface area contributed by atoms with E-state index in [4.69, 9.17) is 22.1 Å². The number of aromatic nitrogens is 1. The summed E-state index contributed by atoms with van der Waals surface area (Å²) in [7, 11) is 0. The Morgan fingerprint density at radius 3 is 2.78 bits per heavy atom. The number of esters is 1. The predicted octanol–water partition coefficient (Wildman–Crippen LogP) is 2.45. The Hall–Kier alpha value is -1.43. The molecule has 2 N–H and O–H groups in total. The van der Waals surface area contributed by atoms with Gasteiger partial charge in [0.25, 0.3) is 6.43 Å². The van der Waals surface area contributed by atoms with Crippen LogP contribution in [0.3, 0.4) is 0 Å². The fraction of sp³-hybridized carbons (Fsp3) is 0.455. The summed E-state index contributed by atoms with van der Waals surface area (Å²) in [6, 6.07) is 1.35. The molecule has 0 radical (unpaired) electrons. The van der Waals surface area contributed by atoms with Gasteiger partial charge >= 0.3 is 5.97 Å². The van der Waals surface area contributed by atoms with Gasteiger partial charge in [0.15, 0.2) is 0 Å². The van der Waals surface area contributed by atoms with Crippen LogP contribution in [0, 0.1) is 0 Å². The van der Waals surface area contributed by atoms with E-state index in [1.807, 2.05) is 0 Å². The molecule has 0 aromatic carbocycles. The Morgan fingerprint density at radius 1 is 1.61 bits per heavy atom. The van der Waals surface area contributed by atoms with E-state index >= 15 is 0 Å². The fourth-order valence-electron chi connectivity index (χ4n) is 1.50. The van der Waals surface area contributed by atoms with E-state index < -0.39 is 12.4 Å². The number of nitrogen functional groups attached to an aromatic ring is 1. The first-order chi connectivity index (χ1) is 8.49. The third-order valence-corrected chi connectivity index (χ3v) is 2.51. The first-order valence-corrected chi connectivity index (χ1v) is 5.80. The number of nitrogens with zero attached hydrogens (tertiary/aromatic N) is 1. The van der Waals surface area contributed by atoms with Gasteiger partial charge < -0.3 is 10.5 Å². The highest BCUT2D eigenvalue weighted by Gasteiger charge is 2.19. The van der Waals surface area contributed by atoms with Crippen LogP contribution in [0.5, 0.6) is 0 Å². The van der Waals surface area contributed by atoms with Crippen molar-refractivity contribution in [2.75, 3.05) is 12.3 Å². The molecule has 0 aliphatic rings. The first-order valence-electron chi connectivity index (χ1n) is 5.27. The summed E-state index contributed by atoms with van der Waals surface area (Å²) in [6.07, 6.45) is -2.87. The second kappa shape index (κ2) is 6.49. The summed E-state index contributed by atoms with van der Waals surface area (Å²) >= 11 is 5.58.